The predicted octanol–water partition coefficient (Wildman–Crippen LogP) is 1.57. The van der Waals surface area contributed by atoms with Gasteiger partial charge >= 0.3 is 0 Å². The Morgan fingerprint density at radius 2 is 2.43 bits per heavy atom. The fraction of sp³-hybridized carbons (Fsp3) is 0.200. The summed E-state index contributed by atoms with van der Waals surface area (Å²) in [6, 6.07) is 0. The molecule has 2 nitrogen and oxygen atoms in total. The molecule has 0 saturated carbocycles. The van der Waals surface area contributed by atoms with Crippen molar-refractivity contribution in [1.29, 1.82) is 0 Å². The summed E-state index contributed by atoms with van der Waals surface area (Å²) in [5.41, 5.74) is 0. The second kappa shape index (κ2) is 3.28. The number of ether oxygens (including phenoxy) is 1. The van der Waals surface area contributed by atoms with Gasteiger partial charge in [-0.1, -0.05) is 6.58 Å². The summed E-state index contributed by atoms with van der Waals surface area (Å²) in [6.07, 6.45) is 2.13. The summed E-state index contributed by atoms with van der Waals surface area (Å²) in [5, 5.41) is 8.13. The van der Waals surface area contributed by atoms with Crippen molar-refractivity contribution in [2.45, 2.75) is 6.92 Å². The maximum Gasteiger partial charge on any atom is 0.134 e. The summed E-state index contributed by atoms with van der Waals surface area (Å²) in [5.74, 6) is 0.440. The first kappa shape index (κ1) is 6.08. The second-order valence-electron chi connectivity index (χ2n) is 1.02. The van der Waals surface area contributed by atoms with Crippen LogP contribution in [-0.2, 0) is 4.74 Å². The van der Waals surface area contributed by atoms with Crippen LogP contribution in [0.1, 0.15) is 6.92 Å². The molecule has 0 spiro atoms. The van der Waals surface area contributed by atoms with Crippen molar-refractivity contribution in [1.82, 2.24) is 0 Å². The molecular formula is C5H8O2. The van der Waals surface area contributed by atoms with E-state index in [0.717, 1.165) is 6.26 Å². The fourth-order valence-corrected chi connectivity index (χ4v) is 0.162. The molecule has 0 fully saturated rings. The Morgan fingerprint density at radius 3 is 2.57 bits per heavy atom. The van der Waals surface area contributed by atoms with Crippen molar-refractivity contribution in [3.63, 3.8) is 0 Å². The third-order valence-electron chi connectivity index (χ3n) is 0.451. The topological polar surface area (TPSA) is 29.5 Å². The van der Waals surface area contributed by atoms with Crippen LogP contribution in [0.25, 0.3) is 0 Å². The van der Waals surface area contributed by atoms with Gasteiger partial charge in [0, 0.05) is 0 Å². The van der Waals surface area contributed by atoms with Crippen molar-refractivity contribution < 1.29 is 9.84 Å². The molecule has 0 aromatic rings. The van der Waals surface area contributed by atoms with E-state index in [-0.39, 0.29) is 0 Å². The van der Waals surface area contributed by atoms with E-state index in [1.54, 1.807) is 6.92 Å². The van der Waals surface area contributed by atoms with E-state index < -0.39 is 0 Å². The summed E-state index contributed by atoms with van der Waals surface area (Å²) < 4.78 is 4.57. The smallest absolute Gasteiger partial charge is 0.134 e. The summed E-state index contributed by atoms with van der Waals surface area (Å²) in [7, 11) is 0. The normalized spacial score (nSPS) is 10.7. The highest BCUT2D eigenvalue weighted by molar-refractivity contribution is 4.81. The Labute approximate surface area is 42.7 Å². The van der Waals surface area contributed by atoms with E-state index in [9.17, 15) is 0 Å². The minimum Gasteiger partial charge on any atom is -0.512 e. The van der Waals surface area contributed by atoms with Crippen LogP contribution in [-0.4, -0.2) is 5.11 Å². The number of hydrogen-bond acceptors (Lipinski definition) is 2. The van der Waals surface area contributed by atoms with Crippen LogP contribution in [0.15, 0.2) is 24.9 Å². The molecule has 0 aromatic carbocycles. The van der Waals surface area contributed by atoms with E-state index >= 15 is 0 Å². The minimum absolute atomic E-state index is 0.440. The number of aliphatic hydroxyl groups excluding tert-OH is 1. The third-order valence-corrected chi connectivity index (χ3v) is 0.451. The molecule has 0 radical (unpaired) electrons. The van der Waals surface area contributed by atoms with Gasteiger partial charge < -0.3 is 9.84 Å². The third kappa shape index (κ3) is 2.89. The first-order valence-corrected chi connectivity index (χ1v) is 1.89. The van der Waals surface area contributed by atoms with Gasteiger partial charge in [0.25, 0.3) is 0 Å². The van der Waals surface area contributed by atoms with Gasteiger partial charge in [-0.05, 0) is 6.92 Å². The van der Waals surface area contributed by atoms with Crippen molar-refractivity contribution >= 4 is 0 Å². The average molecular weight is 100 g/mol. The Bertz CT molecular complexity index is 84.1. The molecule has 0 heterocycles. The lowest BCUT2D eigenvalue weighted by Gasteiger charge is -1.91. The zero-order valence-corrected chi connectivity index (χ0v) is 4.22. The highest BCUT2D eigenvalue weighted by atomic mass is 16.5. The van der Waals surface area contributed by atoms with Gasteiger partial charge in [0.05, 0.1) is 6.26 Å². The summed E-state index contributed by atoms with van der Waals surface area (Å²) >= 11 is 0. The molecule has 1 N–H and O–H groups in total. The van der Waals surface area contributed by atoms with Crippen molar-refractivity contribution in [2.24, 2.45) is 0 Å². The first-order chi connectivity index (χ1) is 3.31. The van der Waals surface area contributed by atoms with Crippen LogP contribution in [0.3, 0.4) is 0 Å². The Hall–Kier alpha value is -0.920. The van der Waals surface area contributed by atoms with E-state index in [4.69, 9.17) is 5.11 Å². The molecule has 0 amide bonds. The number of rotatable bonds is 2. The highest BCUT2D eigenvalue weighted by Gasteiger charge is 1.77. The molecule has 40 valence electrons. The van der Waals surface area contributed by atoms with Crippen LogP contribution in [0.2, 0.25) is 0 Å². The molecule has 0 aliphatic rings. The number of aliphatic hydroxyl groups is 1. The highest BCUT2D eigenvalue weighted by Crippen LogP contribution is 1.90. The molecule has 0 unspecified atom stereocenters. The molecule has 0 saturated heterocycles. The molecule has 0 aliphatic heterocycles. The second-order valence-corrected chi connectivity index (χ2v) is 1.02. The maximum atomic E-state index is 8.13. The largest absolute Gasteiger partial charge is 0.512 e. The number of allylic oxidation sites excluding steroid dienone is 1. The monoisotopic (exact) mass is 100 g/mol. The zero-order valence-electron chi connectivity index (χ0n) is 4.22. The Balaban J connectivity index is 3.36. The van der Waals surface area contributed by atoms with E-state index in [1.807, 2.05) is 0 Å². The van der Waals surface area contributed by atoms with E-state index in [2.05, 4.69) is 11.3 Å². The van der Waals surface area contributed by atoms with Crippen molar-refractivity contribution in [3.05, 3.63) is 24.9 Å². The Kier molecular flexibility index (Phi) is 2.85. The summed E-state index contributed by atoms with van der Waals surface area (Å²) in [6.45, 7) is 4.90. The molecule has 0 aliphatic carbocycles. The van der Waals surface area contributed by atoms with Gasteiger partial charge in [-0.3, -0.25) is 0 Å². The molecule has 0 aromatic heterocycles. The Morgan fingerprint density at radius 1 is 1.86 bits per heavy atom. The molecule has 7 heavy (non-hydrogen) atoms. The van der Waals surface area contributed by atoms with Crippen LogP contribution < -0.4 is 0 Å². The predicted molar refractivity (Wildman–Crippen MR) is 27.7 cm³/mol. The maximum absolute atomic E-state index is 8.13. The molecule has 0 bridgehead atoms. The molecular weight excluding hydrogens is 92.1 g/mol. The van der Waals surface area contributed by atoms with Gasteiger partial charge in [0.15, 0.2) is 0 Å². The lowest BCUT2D eigenvalue weighted by atomic mass is 10.6. The fourth-order valence-electron chi connectivity index (χ4n) is 0.162. The SMILES string of the molecule is C=COC(C)=CO. The lowest BCUT2D eigenvalue weighted by Crippen LogP contribution is -1.74. The van der Waals surface area contributed by atoms with Crippen LogP contribution in [0, 0.1) is 0 Å². The van der Waals surface area contributed by atoms with Gasteiger partial charge in [0.1, 0.15) is 12.0 Å². The van der Waals surface area contributed by atoms with Gasteiger partial charge in [-0.2, -0.15) is 0 Å². The minimum atomic E-state index is 0.440. The van der Waals surface area contributed by atoms with Crippen molar-refractivity contribution in [2.75, 3.05) is 0 Å². The number of hydrogen-bond donors (Lipinski definition) is 1. The van der Waals surface area contributed by atoms with E-state index in [1.165, 1.54) is 6.26 Å². The van der Waals surface area contributed by atoms with Gasteiger partial charge in [0.2, 0.25) is 0 Å². The zero-order chi connectivity index (χ0) is 5.70. The van der Waals surface area contributed by atoms with Crippen LogP contribution in [0.5, 0.6) is 0 Å². The quantitative estimate of drug-likeness (QED) is 0.533. The molecule has 2 heteroatoms. The summed E-state index contributed by atoms with van der Waals surface area (Å²) in [4.78, 5) is 0. The van der Waals surface area contributed by atoms with Crippen molar-refractivity contribution in [3.8, 4) is 0 Å². The average Bonchev–Trinajstić information content (AvgIpc) is 1.68. The van der Waals surface area contributed by atoms with Crippen LogP contribution in [0.4, 0.5) is 0 Å². The molecule has 0 rings (SSSR count). The van der Waals surface area contributed by atoms with Crippen LogP contribution >= 0.6 is 0 Å². The van der Waals surface area contributed by atoms with E-state index in [0.29, 0.717) is 5.76 Å². The van der Waals surface area contributed by atoms with Gasteiger partial charge in [-0.15, -0.1) is 0 Å². The standard InChI is InChI=1S/C5H8O2/c1-3-7-5(2)4-6/h3-4,6H,1H2,2H3. The lowest BCUT2D eigenvalue weighted by molar-refractivity contribution is 0.323. The first-order valence-electron chi connectivity index (χ1n) is 1.89. The van der Waals surface area contributed by atoms with Gasteiger partial charge in [-0.25, -0.2) is 0 Å². The molecule has 0 atom stereocenters.